The maximum absolute atomic E-state index is 14.0. The second kappa shape index (κ2) is 7.13. The Morgan fingerprint density at radius 3 is 3.00 bits per heavy atom. The van der Waals surface area contributed by atoms with Gasteiger partial charge in [0, 0.05) is 31.5 Å². The number of anilines is 1. The van der Waals surface area contributed by atoms with E-state index in [9.17, 15) is 9.18 Å². The van der Waals surface area contributed by atoms with Crippen LogP contribution in [0.2, 0.25) is 5.02 Å². The van der Waals surface area contributed by atoms with E-state index >= 15 is 0 Å². The Hall–Kier alpha value is -2.21. The van der Waals surface area contributed by atoms with Gasteiger partial charge in [0.2, 0.25) is 0 Å². The van der Waals surface area contributed by atoms with E-state index in [2.05, 4.69) is 20.2 Å². The summed E-state index contributed by atoms with van der Waals surface area (Å²) in [6.07, 6.45) is 6.69. The van der Waals surface area contributed by atoms with Gasteiger partial charge in [0.05, 0.1) is 16.8 Å². The number of hydrogen-bond acceptors (Lipinski definition) is 4. The van der Waals surface area contributed by atoms with Crippen molar-refractivity contribution in [3.63, 3.8) is 0 Å². The molecule has 1 aliphatic heterocycles. The average molecular weight is 349 g/mol. The lowest BCUT2D eigenvalue weighted by Gasteiger charge is -2.33. The van der Waals surface area contributed by atoms with E-state index in [-0.39, 0.29) is 16.6 Å². The molecule has 5 nitrogen and oxygen atoms in total. The summed E-state index contributed by atoms with van der Waals surface area (Å²) < 4.78 is 14.0. The van der Waals surface area contributed by atoms with Crippen molar-refractivity contribution in [2.45, 2.75) is 25.8 Å². The summed E-state index contributed by atoms with van der Waals surface area (Å²) in [6.45, 7) is 3.20. The molecule has 1 atom stereocenters. The van der Waals surface area contributed by atoms with Gasteiger partial charge < -0.3 is 10.2 Å². The molecule has 0 bridgehead atoms. The zero-order valence-electron chi connectivity index (χ0n) is 13.3. The predicted octanol–water partition coefficient (Wildman–Crippen LogP) is 2.98. The summed E-state index contributed by atoms with van der Waals surface area (Å²) in [6, 6.07) is 2.73. The SMILES string of the molecule is Cc1ccc(F)c(C(=O)N[C@H]2CCCN(c3cnccn3)C2)c1Cl. The molecular formula is C17H18ClFN4O. The molecule has 0 saturated carbocycles. The normalized spacial score (nSPS) is 17.6. The van der Waals surface area contributed by atoms with Crippen LogP contribution in [0.1, 0.15) is 28.8 Å². The van der Waals surface area contributed by atoms with Crippen molar-refractivity contribution >= 4 is 23.3 Å². The standard InChI is InChI=1S/C17H18ClFN4O/c1-11-4-5-13(19)15(16(11)18)17(24)22-12-3-2-8-23(10-12)14-9-20-6-7-21-14/h4-7,9,12H,2-3,8,10H2,1H3,(H,22,24)/t12-/m0/s1. The number of rotatable bonds is 3. The molecule has 2 aromatic rings. The Bertz CT molecular complexity index is 741. The van der Waals surface area contributed by atoms with Crippen LogP contribution in [0.25, 0.3) is 0 Å². The van der Waals surface area contributed by atoms with E-state index < -0.39 is 11.7 Å². The largest absolute Gasteiger partial charge is 0.353 e. The molecule has 1 N–H and O–H groups in total. The highest BCUT2D eigenvalue weighted by Gasteiger charge is 2.25. The minimum absolute atomic E-state index is 0.0895. The van der Waals surface area contributed by atoms with Gasteiger partial charge in [0.25, 0.3) is 5.91 Å². The first-order valence-corrected chi connectivity index (χ1v) is 8.20. The van der Waals surface area contributed by atoms with Gasteiger partial charge in [0.1, 0.15) is 11.6 Å². The Morgan fingerprint density at radius 2 is 2.25 bits per heavy atom. The third-order valence-electron chi connectivity index (χ3n) is 4.14. The Labute approximate surface area is 144 Å². The molecule has 1 aromatic heterocycles. The minimum Gasteiger partial charge on any atom is -0.353 e. The first kappa shape index (κ1) is 16.6. The molecule has 1 amide bonds. The van der Waals surface area contributed by atoms with Crippen LogP contribution >= 0.6 is 11.6 Å². The number of nitrogens with zero attached hydrogens (tertiary/aromatic N) is 3. The lowest BCUT2D eigenvalue weighted by atomic mass is 10.0. The van der Waals surface area contributed by atoms with Crippen LogP contribution in [0.5, 0.6) is 0 Å². The number of benzene rings is 1. The van der Waals surface area contributed by atoms with E-state index in [0.29, 0.717) is 12.1 Å². The van der Waals surface area contributed by atoms with Crippen LogP contribution in [0.3, 0.4) is 0 Å². The van der Waals surface area contributed by atoms with Gasteiger partial charge in [-0.2, -0.15) is 0 Å². The summed E-state index contributed by atoms with van der Waals surface area (Å²) in [5, 5.41) is 3.05. The summed E-state index contributed by atoms with van der Waals surface area (Å²) in [7, 11) is 0. The fraction of sp³-hybridized carbons (Fsp3) is 0.353. The molecule has 1 fully saturated rings. The molecular weight excluding hydrogens is 331 g/mol. The van der Waals surface area contributed by atoms with Crippen LogP contribution in [-0.4, -0.2) is 35.0 Å². The zero-order valence-corrected chi connectivity index (χ0v) is 14.1. The number of aromatic nitrogens is 2. The highest BCUT2D eigenvalue weighted by molar-refractivity contribution is 6.34. The predicted molar refractivity (Wildman–Crippen MR) is 90.9 cm³/mol. The Balaban J connectivity index is 1.72. The number of piperidine rings is 1. The van der Waals surface area contributed by atoms with Crippen LogP contribution in [0.15, 0.2) is 30.7 Å². The average Bonchev–Trinajstić information content (AvgIpc) is 2.59. The van der Waals surface area contributed by atoms with Crippen molar-refractivity contribution in [2.75, 3.05) is 18.0 Å². The topological polar surface area (TPSA) is 58.1 Å². The first-order chi connectivity index (χ1) is 11.6. The van der Waals surface area contributed by atoms with E-state index in [1.807, 2.05) is 0 Å². The number of aryl methyl sites for hydroxylation is 1. The van der Waals surface area contributed by atoms with E-state index in [1.54, 1.807) is 31.6 Å². The second-order valence-corrected chi connectivity index (χ2v) is 6.25. The molecule has 3 rings (SSSR count). The van der Waals surface area contributed by atoms with Crippen molar-refractivity contribution in [1.29, 1.82) is 0 Å². The van der Waals surface area contributed by atoms with Gasteiger partial charge in [-0.3, -0.25) is 9.78 Å². The quantitative estimate of drug-likeness (QED) is 0.926. The summed E-state index contributed by atoms with van der Waals surface area (Å²) in [5.41, 5.74) is 0.585. The molecule has 24 heavy (non-hydrogen) atoms. The van der Waals surface area contributed by atoms with Crippen molar-refractivity contribution in [1.82, 2.24) is 15.3 Å². The highest BCUT2D eigenvalue weighted by Crippen LogP contribution is 2.24. The van der Waals surface area contributed by atoms with Crippen molar-refractivity contribution in [2.24, 2.45) is 0 Å². The van der Waals surface area contributed by atoms with Crippen molar-refractivity contribution in [3.8, 4) is 0 Å². The van der Waals surface area contributed by atoms with E-state index in [0.717, 1.165) is 25.2 Å². The zero-order chi connectivity index (χ0) is 17.1. The molecule has 7 heteroatoms. The molecule has 2 heterocycles. The second-order valence-electron chi connectivity index (χ2n) is 5.88. The molecule has 1 saturated heterocycles. The van der Waals surface area contributed by atoms with Gasteiger partial charge in [0.15, 0.2) is 0 Å². The number of amides is 1. The summed E-state index contributed by atoms with van der Waals surface area (Å²) in [5.74, 6) is -0.312. The molecule has 1 aliphatic rings. The first-order valence-electron chi connectivity index (χ1n) is 7.82. The van der Waals surface area contributed by atoms with Gasteiger partial charge in [-0.15, -0.1) is 0 Å². The van der Waals surface area contributed by atoms with Gasteiger partial charge >= 0.3 is 0 Å². The number of halogens is 2. The van der Waals surface area contributed by atoms with Gasteiger partial charge in [-0.25, -0.2) is 9.37 Å². The van der Waals surface area contributed by atoms with Gasteiger partial charge in [-0.05, 0) is 31.4 Å². The summed E-state index contributed by atoms with van der Waals surface area (Å²) >= 11 is 6.11. The number of carbonyl (C=O) groups is 1. The van der Waals surface area contributed by atoms with E-state index in [1.165, 1.54) is 6.07 Å². The Morgan fingerprint density at radius 1 is 1.42 bits per heavy atom. The Kier molecular flexibility index (Phi) is 4.94. The number of hydrogen-bond donors (Lipinski definition) is 1. The lowest BCUT2D eigenvalue weighted by molar-refractivity contribution is 0.0929. The third-order valence-corrected chi connectivity index (χ3v) is 4.63. The summed E-state index contributed by atoms with van der Waals surface area (Å²) in [4.78, 5) is 22.9. The maximum Gasteiger partial charge on any atom is 0.256 e. The van der Waals surface area contributed by atoms with Crippen molar-refractivity contribution < 1.29 is 9.18 Å². The van der Waals surface area contributed by atoms with Crippen LogP contribution in [-0.2, 0) is 0 Å². The van der Waals surface area contributed by atoms with Gasteiger partial charge in [-0.1, -0.05) is 17.7 Å². The third kappa shape index (κ3) is 3.48. The fourth-order valence-electron chi connectivity index (χ4n) is 2.88. The van der Waals surface area contributed by atoms with Crippen LogP contribution in [0, 0.1) is 12.7 Å². The lowest BCUT2D eigenvalue weighted by Crippen LogP contribution is -2.48. The van der Waals surface area contributed by atoms with Crippen molar-refractivity contribution in [3.05, 3.63) is 52.7 Å². The van der Waals surface area contributed by atoms with Crippen LogP contribution in [0.4, 0.5) is 10.2 Å². The monoisotopic (exact) mass is 348 g/mol. The highest BCUT2D eigenvalue weighted by atomic mass is 35.5. The molecule has 0 radical (unpaired) electrons. The molecule has 0 unspecified atom stereocenters. The number of nitrogens with one attached hydrogen (secondary N) is 1. The fourth-order valence-corrected chi connectivity index (χ4v) is 3.12. The number of carbonyl (C=O) groups excluding carboxylic acids is 1. The molecule has 0 aliphatic carbocycles. The van der Waals surface area contributed by atoms with E-state index in [4.69, 9.17) is 11.6 Å². The minimum atomic E-state index is -0.607. The molecule has 1 aromatic carbocycles. The molecule has 126 valence electrons. The van der Waals surface area contributed by atoms with Crippen LogP contribution < -0.4 is 10.2 Å². The molecule has 0 spiro atoms. The maximum atomic E-state index is 14.0. The smallest absolute Gasteiger partial charge is 0.256 e.